The molecule has 3 aromatic rings. The van der Waals surface area contributed by atoms with Crippen LogP contribution in [0.15, 0.2) is 54.9 Å². The Morgan fingerprint density at radius 1 is 1.11 bits per heavy atom. The van der Waals surface area contributed by atoms with E-state index in [0.29, 0.717) is 11.6 Å². The van der Waals surface area contributed by atoms with Crippen LogP contribution in [0.1, 0.15) is 47.6 Å². The molecule has 0 fully saturated rings. The zero-order valence-corrected chi connectivity index (χ0v) is 16.2. The lowest BCUT2D eigenvalue weighted by Crippen LogP contribution is -2.15. The zero-order chi connectivity index (χ0) is 20.1. The Morgan fingerprint density at radius 2 is 1.75 bits per heavy atom. The lowest BCUT2D eigenvalue weighted by atomic mass is 10.0. The number of benzene rings is 2. The molecular formula is C21H24N4O3. The third-order valence-electron chi connectivity index (χ3n) is 4.44. The number of hydrogen-bond acceptors (Lipinski definition) is 5. The van der Waals surface area contributed by atoms with Crippen molar-refractivity contribution in [1.29, 1.82) is 0 Å². The summed E-state index contributed by atoms with van der Waals surface area (Å²) >= 11 is 0. The molecule has 146 valence electrons. The summed E-state index contributed by atoms with van der Waals surface area (Å²) in [5.74, 6) is 0.807. The number of carbonyl (C=O) groups is 1. The molecule has 28 heavy (non-hydrogen) atoms. The highest BCUT2D eigenvalue weighted by Crippen LogP contribution is 2.19. The van der Waals surface area contributed by atoms with Gasteiger partial charge in [0.05, 0.1) is 19.8 Å². The average Bonchev–Trinajstić information content (AvgIpc) is 3.17. The van der Waals surface area contributed by atoms with Crippen LogP contribution in [-0.4, -0.2) is 32.9 Å². The first-order chi connectivity index (χ1) is 13.5. The van der Waals surface area contributed by atoms with E-state index in [1.54, 1.807) is 31.4 Å². The maximum absolute atomic E-state index is 12.3. The molecule has 0 aliphatic rings. The number of nitrogens with zero attached hydrogens (tertiary/aromatic N) is 3. The van der Waals surface area contributed by atoms with Crippen LogP contribution in [0.25, 0.3) is 0 Å². The fourth-order valence-electron chi connectivity index (χ4n) is 2.73. The Kier molecular flexibility index (Phi) is 6.06. The van der Waals surface area contributed by atoms with Gasteiger partial charge in [-0.25, -0.2) is 9.67 Å². The summed E-state index contributed by atoms with van der Waals surface area (Å²) in [6.07, 6.45) is 0.663. The standard InChI is InChI=1S/C21H24N4O3/c1-14(2)15-4-8-17(9-5-15)23-21(27)20-22-13-25(24-20)12-19(26)16-6-10-18(28-3)11-7-16/h4-11,13-14,19,26H,12H2,1-3H3,(H,23,27). The van der Waals surface area contributed by atoms with Gasteiger partial charge < -0.3 is 15.2 Å². The second-order valence-electron chi connectivity index (χ2n) is 6.81. The van der Waals surface area contributed by atoms with E-state index in [1.807, 2.05) is 24.3 Å². The molecule has 0 aliphatic carbocycles. The van der Waals surface area contributed by atoms with Crippen molar-refractivity contribution in [2.24, 2.45) is 0 Å². The highest BCUT2D eigenvalue weighted by atomic mass is 16.5. The van der Waals surface area contributed by atoms with Crippen LogP contribution in [0.2, 0.25) is 0 Å². The Hall–Kier alpha value is -3.19. The summed E-state index contributed by atoms with van der Waals surface area (Å²) in [6, 6.07) is 14.8. The summed E-state index contributed by atoms with van der Waals surface area (Å²) in [6.45, 7) is 4.42. The number of aromatic nitrogens is 3. The van der Waals surface area contributed by atoms with Gasteiger partial charge in [-0.2, -0.15) is 0 Å². The lowest BCUT2D eigenvalue weighted by Gasteiger charge is -2.11. The summed E-state index contributed by atoms with van der Waals surface area (Å²) in [5, 5.41) is 17.3. The van der Waals surface area contributed by atoms with Crippen LogP contribution in [0.3, 0.4) is 0 Å². The van der Waals surface area contributed by atoms with E-state index in [4.69, 9.17) is 4.74 Å². The van der Waals surface area contributed by atoms with Crippen LogP contribution in [-0.2, 0) is 6.54 Å². The van der Waals surface area contributed by atoms with Crippen LogP contribution in [0.5, 0.6) is 5.75 Å². The van der Waals surface area contributed by atoms with E-state index in [9.17, 15) is 9.90 Å². The van der Waals surface area contributed by atoms with E-state index in [-0.39, 0.29) is 12.4 Å². The van der Waals surface area contributed by atoms with Crippen molar-refractivity contribution in [2.45, 2.75) is 32.4 Å². The number of hydrogen-bond donors (Lipinski definition) is 2. The maximum Gasteiger partial charge on any atom is 0.295 e. The van der Waals surface area contributed by atoms with Crippen molar-refractivity contribution in [1.82, 2.24) is 14.8 Å². The maximum atomic E-state index is 12.3. The van der Waals surface area contributed by atoms with Crippen LogP contribution < -0.4 is 10.1 Å². The van der Waals surface area contributed by atoms with Gasteiger partial charge in [-0.15, -0.1) is 5.10 Å². The van der Waals surface area contributed by atoms with Gasteiger partial charge in [-0.05, 0) is 41.3 Å². The second-order valence-corrected chi connectivity index (χ2v) is 6.81. The summed E-state index contributed by atoms with van der Waals surface area (Å²) in [7, 11) is 1.59. The number of aliphatic hydroxyl groups excluding tert-OH is 1. The average molecular weight is 380 g/mol. The smallest absolute Gasteiger partial charge is 0.295 e. The zero-order valence-electron chi connectivity index (χ0n) is 16.2. The van der Waals surface area contributed by atoms with Gasteiger partial charge >= 0.3 is 0 Å². The predicted molar refractivity (Wildman–Crippen MR) is 106 cm³/mol. The SMILES string of the molecule is COc1ccc(C(O)Cn2cnc(C(=O)Nc3ccc(C(C)C)cc3)n2)cc1. The Morgan fingerprint density at radius 3 is 2.36 bits per heavy atom. The van der Waals surface area contributed by atoms with Crippen molar-refractivity contribution in [3.05, 3.63) is 71.8 Å². The molecule has 0 spiro atoms. The monoisotopic (exact) mass is 380 g/mol. The van der Waals surface area contributed by atoms with Crippen molar-refractivity contribution in [2.75, 3.05) is 12.4 Å². The topological polar surface area (TPSA) is 89.3 Å². The van der Waals surface area contributed by atoms with Crippen molar-refractivity contribution < 1.29 is 14.6 Å². The quantitative estimate of drug-likeness (QED) is 0.656. The van der Waals surface area contributed by atoms with E-state index in [2.05, 4.69) is 29.2 Å². The van der Waals surface area contributed by atoms with Crippen molar-refractivity contribution in [3.8, 4) is 5.75 Å². The van der Waals surface area contributed by atoms with Gasteiger partial charge in [0.2, 0.25) is 5.82 Å². The molecule has 2 aromatic carbocycles. The van der Waals surface area contributed by atoms with Gasteiger partial charge in [0.15, 0.2) is 0 Å². The Labute approximate surface area is 164 Å². The Balaban J connectivity index is 1.61. The number of aliphatic hydroxyl groups is 1. The highest BCUT2D eigenvalue weighted by molar-refractivity contribution is 6.01. The first-order valence-electron chi connectivity index (χ1n) is 9.09. The fourth-order valence-corrected chi connectivity index (χ4v) is 2.73. The predicted octanol–water partition coefficient (Wildman–Crippen LogP) is 3.40. The lowest BCUT2D eigenvalue weighted by molar-refractivity contribution is 0.101. The third-order valence-corrected chi connectivity index (χ3v) is 4.44. The molecule has 0 saturated heterocycles. The number of rotatable bonds is 7. The molecule has 0 aliphatic heterocycles. The molecule has 0 radical (unpaired) electrons. The molecule has 0 bridgehead atoms. The molecule has 0 saturated carbocycles. The fraction of sp³-hybridized carbons (Fsp3) is 0.286. The summed E-state index contributed by atoms with van der Waals surface area (Å²) in [5.41, 5.74) is 2.62. The summed E-state index contributed by atoms with van der Waals surface area (Å²) in [4.78, 5) is 16.4. The summed E-state index contributed by atoms with van der Waals surface area (Å²) < 4.78 is 6.56. The molecule has 7 nitrogen and oxygen atoms in total. The number of methoxy groups -OCH3 is 1. The van der Waals surface area contributed by atoms with Crippen LogP contribution >= 0.6 is 0 Å². The second kappa shape index (κ2) is 8.67. The van der Waals surface area contributed by atoms with E-state index in [1.165, 1.54) is 16.6 Å². The first kappa shape index (κ1) is 19.6. The minimum Gasteiger partial charge on any atom is -0.497 e. The van der Waals surface area contributed by atoms with Gasteiger partial charge in [-0.3, -0.25) is 4.79 Å². The van der Waals surface area contributed by atoms with Crippen molar-refractivity contribution >= 4 is 11.6 Å². The van der Waals surface area contributed by atoms with Gasteiger partial charge in [-0.1, -0.05) is 38.1 Å². The number of anilines is 1. The molecule has 3 rings (SSSR count). The molecule has 1 unspecified atom stereocenters. The number of amides is 1. The third kappa shape index (κ3) is 4.75. The molecule has 1 atom stereocenters. The van der Waals surface area contributed by atoms with Gasteiger partial charge in [0, 0.05) is 5.69 Å². The van der Waals surface area contributed by atoms with E-state index < -0.39 is 12.0 Å². The number of nitrogens with one attached hydrogen (secondary N) is 1. The van der Waals surface area contributed by atoms with E-state index >= 15 is 0 Å². The van der Waals surface area contributed by atoms with Crippen molar-refractivity contribution in [3.63, 3.8) is 0 Å². The molecular weight excluding hydrogens is 356 g/mol. The minimum absolute atomic E-state index is 0.0508. The molecule has 7 heteroatoms. The van der Waals surface area contributed by atoms with E-state index in [0.717, 1.165) is 11.3 Å². The molecule has 1 heterocycles. The van der Waals surface area contributed by atoms with Gasteiger partial charge in [0.1, 0.15) is 12.1 Å². The minimum atomic E-state index is -0.771. The number of ether oxygens (including phenoxy) is 1. The number of carbonyl (C=O) groups excluding carboxylic acids is 1. The Bertz CT molecular complexity index is 918. The van der Waals surface area contributed by atoms with Crippen LogP contribution in [0.4, 0.5) is 5.69 Å². The van der Waals surface area contributed by atoms with Crippen LogP contribution in [0, 0.1) is 0 Å². The molecule has 1 aromatic heterocycles. The molecule has 1 amide bonds. The largest absolute Gasteiger partial charge is 0.497 e. The van der Waals surface area contributed by atoms with Gasteiger partial charge in [0.25, 0.3) is 5.91 Å². The normalized spacial score (nSPS) is 12.0. The molecule has 2 N–H and O–H groups in total. The first-order valence-corrected chi connectivity index (χ1v) is 9.09. The highest BCUT2D eigenvalue weighted by Gasteiger charge is 2.15.